The van der Waals surface area contributed by atoms with E-state index in [9.17, 15) is 9.59 Å². The fourth-order valence-corrected chi connectivity index (χ4v) is 2.13. The molecular weight excluding hydrogens is 220 g/mol. The monoisotopic (exact) mass is 235 g/mol. The number of hydrogen-bond acceptors (Lipinski definition) is 3. The number of β-amino-alcohol motifs (C(OH)–C–C–N with tert-alkyl or cyclic N) is 1. The van der Waals surface area contributed by atoms with E-state index in [0.717, 1.165) is 0 Å². The van der Waals surface area contributed by atoms with Crippen LogP contribution in [0.15, 0.2) is 24.3 Å². The maximum atomic E-state index is 12.1. The van der Waals surface area contributed by atoms with Crippen molar-refractivity contribution in [3.63, 3.8) is 0 Å². The number of amides is 3. The van der Waals surface area contributed by atoms with E-state index in [2.05, 4.69) is 0 Å². The van der Waals surface area contributed by atoms with E-state index in [1.165, 1.54) is 9.48 Å². The van der Waals surface area contributed by atoms with Crippen LogP contribution in [-0.2, 0) is 4.79 Å². The minimum atomic E-state index is -0.399. The van der Waals surface area contributed by atoms with Gasteiger partial charge in [-0.3, -0.25) is 0 Å². The summed E-state index contributed by atoms with van der Waals surface area (Å²) in [5.74, 6) is -0.591. The number of carbonyl (C=O) groups excluding carboxylic acids is 2. The highest BCUT2D eigenvalue weighted by Crippen LogP contribution is 2.19. The van der Waals surface area contributed by atoms with E-state index in [1.807, 2.05) is 0 Å². The van der Waals surface area contributed by atoms with E-state index in [4.69, 9.17) is 5.11 Å². The van der Waals surface area contributed by atoms with E-state index in [-0.39, 0.29) is 25.1 Å². The molecular formula is C12H15N2O3+. The van der Waals surface area contributed by atoms with Crippen LogP contribution >= 0.6 is 0 Å². The molecule has 90 valence electrons. The summed E-state index contributed by atoms with van der Waals surface area (Å²) in [6.07, 6.45) is 7.12. The molecule has 1 atom stereocenters. The van der Waals surface area contributed by atoms with Crippen LogP contribution in [-0.4, -0.2) is 51.9 Å². The van der Waals surface area contributed by atoms with Crippen LogP contribution in [0.5, 0.6) is 0 Å². The Bertz CT molecular complexity index is 449. The van der Waals surface area contributed by atoms with Crippen LogP contribution in [0.2, 0.25) is 0 Å². The summed E-state index contributed by atoms with van der Waals surface area (Å²) in [4.78, 5) is 25.3. The van der Waals surface area contributed by atoms with Crippen LogP contribution in [0.25, 0.3) is 0 Å². The zero-order valence-corrected chi connectivity index (χ0v) is 9.67. The topological polar surface area (TPSA) is 60.6 Å². The molecule has 1 unspecified atom stereocenters. The summed E-state index contributed by atoms with van der Waals surface area (Å²) < 4.78 is 1.47. The zero-order valence-electron chi connectivity index (χ0n) is 9.67. The number of imide groups is 1. The Morgan fingerprint density at radius 3 is 2.82 bits per heavy atom. The summed E-state index contributed by atoms with van der Waals surface area (Å²) in [6.45, 7) is 2.21. The van der Waals surface area contributed by atoms with Crippen molar-refractivity contribution in [2.45, 2.75) is 6.92 Å². The fourth-order valence-electron chi connectivity index (χ4n) is 2.13. The minimum absolute atomic E-state index is 0.120. The van der Waals surface area contributed by atoms with Crippen molar-refractivity contribution >= 4 is 17.6 Å². The van der Waals surface area contributed by atoms with Gasteiger partial charge in [-0.25, -0.2) is 4.79 Å². The predicted octanol–water partition coefficient (Wildman–Crippen LogP) is 0.157. The number of carbonyl (C=O) groups is 2. The van der Waals surface area contributed by atoms with E-state index >= 15 is 0 Å². The molecule has 1 N–H and O–H groups in total. The standard InChI is InChI=1S/C12H15N2O3/c1-2-13-11(16)9-5-3-4-6-10(9)14(7-8-15)12(13)17/h3-6,9,15H,2,7-8H2,1H3/q+1. The third-order valence-corrected chi connectivity index (χ3v) is 2.95. The van der Waals surface area contributed by atoms with Gasteiger partial charge in [0.05, 0.1) is 13.2 Å². The molecule has 1 aliphatic heterocycles. The molecule has 0 aromatic heterocycles. The molecule has 0 aromatic rings. The van der Waals surface area contributed by atoms with Gasteiger partial charge in [0.25, 0.3) is 0 Å². The van der Waals surface area contributed by atoms with Gasteiger partial charge in [0, 0.05) is 0 Å². The van der Waals surface area contributed by atoms with Gasteiger partial charge < -0.3 is 5.11 Å². The second-order valence-electron chi connectivity index (χ2n) is 3.89. The minimum Gasteiger partial charge on any atom is -0.392 e. The number of fused-ring (bicyclic) bond motifs is 1. The molecule has 5 nitrogen and oxygen atoms in total. The molecule has 2 rings (SSSR count). The van der Waals surface area contributed by atoms with Crippen molar-refractivity contribution < 1.29 is 19.3 Å². The lowest BCUT2D eigenvalue weighted by atomic mass is 9.94. The highest BCUT2D eigenvalue weighted by Gasteiger charge is 2.45. The Kier molecular flexibility index (Phi) is 3.19. The highest BCUT2D eigenvalue weighted by atomic mass is 16.3. The van der Waals surface area contributed by atoms with Gasteiger partial charge in [-0.05, 0) is 13.0 Å². The summed E-state index contributed by atoms with van der Waals surface area (Å²) in [7, 11) is 0. The molecule has 2 aliphatic rings. The second kappa shape index (κ2) is 4.63. The van der Waals surface area contributed by atoms with Gasteiger partial charge in [0.1, 0.15) is 18.2 Å². The predicted molar refractivity (Wildman–Crippen MR) is 61.8 cm³/mol. The van der Waals surface area contributed by atoms with Crippen LogP contribution < -0.4 is 0 Å². The number of rotatable bonds is 3. The quantitative estimate of drug-likeness (QED) is 0.709. The Balaban J connectivity index is 2.50. The maximum absolute atomic E-state index is 12.1. The van der Waals surface area contributed by atoms with Crippen LogP contribution in [0.3, 0.4) is 0 Å². The van der Waals surface area contributed by atoms with Crippen LogP contribution in [0.1, 0.15) is 6.92 Å². The van der Waals surface area contributed by atoms with Crippen LogP contribution in [0, 0.1) is 5.92 Å². The first-order valence-electron chi connectivity index (χ1n) is 5.66. The molecule has 17 heavy (non-hydrogen) atoms. The summed E-state index contributed by atoms with van der Waals surface area (Å²) in [5.41, 5.74) is 0.654. The first kappa shape index (κ1) is 11.7. The molecule has 5 heteroatoms. The van der Waals surface area contributed by atoms with E-state index in [1.54, 1.807) is 31.2 Å². The largest absolute Gasteiger partial charge is 0.501 e. The van der Waals surface area contributed by atoms with Crippen molar-refractivity contribution in [3.8, 4) is 0 Å². The van der Waals surface area contributed by atoms with Crippen molar-refractivity contribution in [1.82, 2.24) is 4.90 Å². The highest BCUT2D eigenvalue weighted by molar-refractivity contribution is 6.16. The molecule has 0 fully saturated rings. The van der Waals surface area contributed by atoms with Crippen molar-refractivity contribution in [2.75, 3.05) is 19.7 Å². The lowest BCUT2D eigenvalue weighted by Crippen LogP contribution is -2.54. The molecule has 0 bridgehead atoms. The van der Waals surface area contributed by atoms with Crippen LogP contribution in [0.4, 0.5) is 4.79 Å². The molecule has 1 heterocycles. The van der Waals surface area contributed by atoms with Gasteiger partial charge >= 0.3 is 11.9 Å². The molecule has 0 aromatic carbocycles. The van der Waals surface area contributed by atoms with Crippen molar-refractivity contribution in [1.29, 1.82) is 0 Å². The summed E-state index contributed by atoms with van der Waals surface area (Å²) in [5, 5.41) is 9.00. The van der Waals surface area contributed by atoms with Gasteiger partial charge in [0.15, 0.2) is 0 Å². The van der Waals surface area contributed by atoms with E-state index in [0.29, 0.717) is 12.3 Å². The van der Waals surface area contributed by atoms with Crippen molar-refractivity contribution in [3.05, 3.63) is 24.3 Å². The van der Waals surface area contributed by atoms with Gasteiger partial charge in [-0.2, -0.15) is 14.3 Å². The average molecular weight is 235 g/mol. The third-order valence-electron chi connectivity index (χ3n) is 2.95. The molecule has 3 amide bonds. The second-order valence-corrected chi connectivity index (χ2v) is 3.89. The molecule has 0 saturated carbocycles. The molecule has 0 saturated heterocycles. The third kappa shape index (κ3) is 1.82. The molecule has 1 aliphatic carbocycles. The Labute approximate surface area is 99.3 Å². The Hall–Kier alpha value is -1.75. The molecule has 0 spiro atoms. The van der Waals surface area contributed by atoms with Gasteiger partial charge in [0.2, 0.25) is 0 Å². The number of allylic oxidation sites excluding steroid dienone is 3. The Morgan fingerprint density at radius 2 is 2.18 bits per heavy atom. The number of nitrogens with zero attached hydrogens (tertiary/aromatic N) is 2. The average Bonchev–Trinajstić information content (AvgIpc) is 2.35. The number of hydrogen-bond donors (Lipinski definition) is 1. The van der Waals surface area contributed by atoms with Gasteiger partial charge in [-0.15, -0.1) is 0 Å². The first-order chi connectivity index (χ1) is 8.20. The van der Waals surface area contributed by atoms with Gasteiger partial charge in [-0.1, -0.05) is 18.2 Å². The lowest BCUT2D eigenvalue weighted by molar-refractivity contribution is -0.443. The molecule has 0 radical (unpaired) electrons. The SMILES string of the molecule is CCN1C(=O)C2C=CC=CC2=[N+](CCO)C1=O. The van der Waals surface area contributed by atoms with E-state index < -0.39 is 5.92 Å². The summed E-state index contributed by atoms with van der Waals surface area (Å²) >= 11 is 0. The fraction of sp³-hybridized carbons (Fsp3) is 0.417. The lowest BCUT2D eigenvalue weighted by Gasteiger charge is -2.25. The summed E-state index contributed by atoms with van der Waals surface area (Å²) in [6, 6.07) is -0.349. The number of aliphatic hydroxyl groups excluding tert-OH is 1. The smallest absolute Gasteiger partial charge is 0.392 e. The zero-order chi connectivity index (χ0) is 12.4. The Morgan fingerprint density at radius 1 is 1.41 bits per heavy atom. The number of urea groups is 1. The van der Waals surface area contributed by atoms with Crippen molar-refractivity contribution in [2.24, 2.45) is 5.92 Å². The normalized spacial score (nSPS) is 23.4. The first-order valence-corrected chi connectivity index (χ1v) is 5.66. The number of aliphatic hydroxyl groups is 1. The maximum Gasteiger partial charge on any atom is 0.501 e.